The van der Waals surface area contributed by atoms with Gasteiger partial charge in [-0.2, -0.15) is 5.10 Å². The highest BCUT2D eigenvalue weighted by atomic mass is 32.1. The van der Waals surface area contributed by atoms with Crippen LogP contribution in [-0.4, -0.2) is 33.2 Å². The predicted molar refractivity (Wildman–Crippen MR) is 92.2 cm³/mol. The minimum atomic E-state index is -1.05. The molecule has 7 nitrogen and oxygen atoms in total. The number of carbonyl (C=O) groups excluding carboxylic acids is 1. The van der Waals surface area contributed by atoms with E-state index >= 15 is 0 Å². The summed E-state index contributed by atoms with van der Waals surface area (Å²) in [6.45, 7) is 0.847. The number of aromatic nitrogens is 2. The highest BCUT2D eigenvalue weighted by molar-refractivity contribution is 7.17. The summed E-state index contributed by atoms with van der Waals surface area (Å²) in [6.07, 6.45) is 4.27. The van der Waals surface area contributed by atoms with Crippen LogP contribution < -0.4 is 5.32 Å². The maximum Gasteiger partial charge on any atom is 0.339 e. The van der Waals surface area contributed by atoms with Crippen LogP contribution >= 0.6 is 11.3 Å². The molecule has 3 aromatic rings. The Hall–Kier alpha value is -2.71. The van der Waals surface area contributed by atoms with Crippen LogP contribution in [0, 0.1) is 0 Å². The molecule has 0 saturated carbocycles. The SMILES string of the molecule is O=C(Cc1cnn2ccccc12)Nc1sc2c(c1C(=O)O)COCC2. The van der Waals surface area contributed by atoms with E-state index in [0.717, 1.165) is 16.0 Å². The number of nitrogens with zero attached hydrogens (tertiary/aromatic N) is 2. The lowest BCUT2D eigenvalue weighted by atomic mass is 10.1. The van der Waals surface area contributed by atoms with E-state index in [0.29, 0.717) is 23.6 Å². The Labute approximate surface area is 146 Å². The van der Waals surface area contributed by atoms with Crippen LogP contribution in [-0.2, 0) is 29.0 Å². The zero-order valence-electron chi connectivity index (χ0n) is 13.2. The van der Waals surface area contributed by atoms with Gasteiger partial charge in [0.1, 0.15) is 5.00 Å². The molecule has 1 aliphatic rings. The van der Waals surface area contributed by atoms with Crippen molar-refractivity contribution in [2.45, 2.75) is 19.4 Å². The van der Waals surface area contributed by atoms with Crippen molar-refractivity contribution >= 4 is 33.7 Å². The highest BCUT2D eigenvalue weighted by Crippen LogP contribution is 2.36. The zero-order valence-corrected chi connectivity index (χ0v) is 14.0. The number of thiophene rings is 1. The van der Waals surface area contributed by atoms with Gasteiger partial charge in [-0.3, -0.25) is 4.79 Å². The van der Waals surface area contributed by atoms with Gasteiger partial charge in [0, 0.05) is 28.6 Å². The van der Waals surface area contributed by atoms with Crippen LogP contribution in [0.4, 0.5) is 5.00 Å². The first-order valence-electron chi connectivity index (χ1n) is 7.80. The molecule has 1 aliphatic heterocycles. The van der Waals surface area contributed by atoms with Crippen molar-refractivity contribution in [3.8, 4) is 0 Å². The van der Waals surface area contributed by atoms with Crippen LogP contribution in [0.15, 0.2) is 30.6 Å². The normalized spacial score (nSPS) is 13.6. The molecule has 4 rings (SSSR count). The maximum atomic E-state index is 12.4. The monoisotopic (exact) mass is 357 g/mol. The molecule has 4 heterocycles. The topological polar surface area (TPSA) is 92.9 Å². The Kier molecular flexibility index (Phi) is 3.98. The first kappa shape index (κ1) is 15.8. The van der Waals surface area contributed by atoms with Crippen molar-refractivity contribution in [3.05, 3.63) is 52.2 Å². The number of anilines is 1. The summed E-state index contributed by atoms with van der Waals surface area (Å²) in [6, 6.07) is 5.63. The number of hydrogen-bond donors (Lipinski definition) is 2. The highest BCUT2D eigenvalue weighted by Gasteiger charge is 2.26. The molecule has 0 fully saturated rings. The second-order valence-corrected chi connectivity index (χ2v) is 6.85. The van der Waals surface area contributed by atoms with Crippen LogP contribution in [0.25, 0.3) is 5.52 Å². The Bertz CT molecular complexity index is 976. The molecule has 0 spiro atoms. The third-order valence-corrected chi connectivity index (χ3v) is 5.34. The van der Waals surface area contributed by atoms with Gasteiger partial charge < -0.3 is 15.2 Å². The third-order valence-electron chi connectivity index (χ3n) is 4.13. The molecule has 25 heavy (non-hydrogen) atoms. The quantitative estimate of drug-likeness (QED) is 0.748. The molecule has 2 N–H and O–H groups in total. The first-order valence-corrected chi connectivity index (χ1v) is 8.62. The maximum absolute atomic E-state index is 12.4. The molecular weight excluding hydrogens is 342 g/mol. The van der Waals surface area contributed by atoms with E-state index < -0.39 is 5.97 Å². The van der Waals surface area contributed by atoms with Crippen molar-refractivity contribution in [3.63, 3.8) is 0 Å². The van der Waals surface area contributed by atoms with Gasteiger partial charge in [-0.1, -0.05) is 6.07 Å². The van der Waals surface area contributed by atoms with Crippen molar-refractivity contribution < 1.29 is 19.4 Å². The summed E-state index contributed by atoms with van der Waals surface area (Å²) in [5.74, 6) is -1.31. The van der Waals surface area contributed by atoms with Crippen molar-refractivity contribution in [2.24, 2.45) is 0 Å². The van der Waals surface area contributed by atoms with Crippen LogP contribution in [0.3, 0.4) is 0 Å². The number of hydrogen-bond acceptors (Lipinski definition) is 5. The Morgan fingerprint density at radius 1 is 1.40 bits per heavy atom. The van der Waals surface area contributed by atoms with E-state index in [1.54, 1.807) is 10.7 Å². The summed E-state index contributed by atoms with van der Waals surface area (Å²) in [5, 5.41) is 16.9. The lowest BCUT2D eigenvalue weighted by Crippen LogP contribution is -2.16. The van der Waals surface area contributed by atoms with E-state index in [9.17, 15) is 14.7 Å². The van der Waals surface area contributed by atoms with E-state index in [1.165, 1.54) is 11.3 Å². The summed E-state index contributed by atoms with van der Waals surface area (Å²) < 4.78 is 7.06. The van der Waals surface area contributed by atoms with Gasteiger partial charge in [-0.25, -0.2) is 9.31 Å². The number of fused-ring (bicyclic) bond motifs is 2. The van der Waals surface area contributed by atoms with Crippen molar-refractivity contribution in [2.75, 3.05) is 11.9 Å². The molecule has 128 valence electrons. The van der Waals surface area contributed by atoms with Crippen molar-refractivity contribution in [1.82, 2.24) is 9.61 Å². The number of pyridine rings is 1. The largest absolute Gasteiger partial charge is 0.478 e. The second-order valence-electron chi connectivity index (χ2n) is 5.74. The fourth-order valence-electron chi connectivity index (χ4n) is 2.99. The number of carboxylic acids is 1. The fourth-order valence-corrected chi connectivity index (χ4v) is 4.18. The number of aromatic carboxylic acids is 1. The van der Waals surface area contributed by atoms with Gasteiger partial charge in [0.15, 0.2) is 0 Å². The molecule has 0 aromatic carbocycles. The standard InChI is InChI=1S/C17H15N3O4S/c21-14(7-10-8-18-20-5-2-1-3-12(10)20)19-16-15(17(22)23)11-9-24-6-4-13(11)25-16/h1-3,5,8H,4,6-7,9H2,(H,19,21)(H,22,23). The van der Waals surface area contributed by atoms with E-state index in [4.69, 9.17) is 4.74 Å². The number of carboxylic acid groups (broad SMARTS) is 1. The third kappa shape index (κ3) is 2.90. The Balaban J connectivity index is 1.59. The molecule has 0 radical (unpaired) electrons. The minimum Gasteiger partial charge on any atom is -0.478 e. The number of rotatable bonds is 4. The van der Waals surface area contributed by atoms with Gasteiger partial charge >= 0.3 is 5.97 Å². The summed E-state index contributed by atoms with van der Waals surface area (Å²) >= 11 is 1.32. The van der Waals surface area contributed by atoms with Crippen LogP contribution in [0.1, 0.15) is 26.4 Å². The molecule has 0 atom stereocenters. The van der Waals surface area contributed by atoms with Gasteiger partial charge in [0.25, 0.3) is 0 Å². The molecule has 8 heteroatoms. The Morgan fingerprint density at radius 2 is 2.28 bits per heavy atom. The van der Waals surface area contributed by atoms with Gasteiger partial charge in [0.05, 0.1) is 36.9 Å². The second kappa shape index (κ2) is 6.30. The zero-order chi connectivity index (χ0) is 17.4. The predicted octanol–water partition coefficient (Wildman–Crippen LogP) is 2.35. The molecule has 0 bridgehead atoms. The Morgan fingerprint density at radius 3 is 3.12 bits per heavy atom. The van der Waals surface area contributed by atoms with E-state index in [-0.39, 0.29) is 24.5 Å². The molecule has 0 saturated heterocycles. The molecular formula is C17H15N3O4S. The molecule has 0 aliphatic carbocycles. The first-order chi connectivity index (χ1) is 12.1. The van der Waals surface area contributed by atoms with Crippen molar-refractivity contribution in [1.29, 1.82) is 0 Å². The molecule has 0 unspecified atom stereocenters. The molecule has 3 aromatic heterocycles. The fraction of sp³-hybridized carbons (Fsp3) is 0.235. The lowest BCUT2D eigenvalue weighted by molar-refractivity contribution is -0.115. The lowest BCUT2D eigenvalue weighted by Gasteiger charge is -2.12. The summed E-state index contributed by atoms with van der Waals surface area (Å²) in [5.41, 5.74) is 2.47. The number of amides is 1. The van der Waals surface area contributed by atoms with Gasteiger partial charge in [-0.15, -0.1) is 11.3 Å². The van der Waals surface area contributed by atoms with Gasteiger partial charge in [-0.05, 0) is 12.1 Å². The van der Waals surface area contributed by atoms with E-state index in [1.807, 2.05) is 24.4 Å². The van der Waals surface area contributed by atoms with Gasteiger partial charge in [0.2, 0.25) is 5.91 Å². The van der Waals surface area contributed by atoms with E-state index in [2.05, 4.69) is 10.4 Å². The number of carbonyl (C=O) groups is 2. The van der Waals surface area contributed by atoms with Crippen LogP contribution in [0.2, 0.25) is 0 Å². The van der Waals surface area contributed by atoms with Crippen LogP contribution in [0.5, 0.6) is 0 Å². The summed E-state index contributed by atoms with van der Waals surface area (Å²) in [4.78, 5) is 25.0. The smallest absolute Gasteiger partial charge is 0.339 e. The minimum absolute atomic E-state index is 0.131. The average molecular weight is 357 g/mol. The number of nitrogens with one attached hydrogen (secondary N) is 1. The summed E-state index contributed by atoms with van der Waals surface area (Å²) in [7, 11) is 0. The average Bonchev–Trinajstić information content (AvgIpc) is 3.16. The number of ether oxygens (including phenoxy) is 1. The molecule has 1 amide bonds.